The van der Waals surface area contributed by atoms with E-state index >= 15 is 0 Å². The molecule has 0 radical (unpaired) electrons. The Hall–Kier alpha value is -1.14. The van der Waals surface area contributed by atoms with Crippen LogP contribution in [0, 0.1) is 0 Å². The molecule has 1 atom stereocenters. The number of ether oxygens (including phenoxy) is 1. The van der Waals surface area contributed by atoms with Crippen molar-refractivity contribution in [3.63, 3.8) is 0 Å². The summed E-state index contributed by atoms with van der Waals surface area (Å²) in [6.45, 7) is 2.07. The number of aliphatic hydroxyl groups excluding tert-OH is 1. The molecule has 1 N–H and O–H groups in total. The van der Waals surface area contributed by atoms with Crippen molar-refractivity contribution in [3.8, 4) is 0 Å². The van der Waals surface area contributed by atoms with Gasteiger partial charge in [0, 0.05) is 11.9 Å². The third-order valence-corrected chi connectivity index (χ3v) is 2.77. The summed E-state index contributed by atoms with van der Waals surface area (Å²) in [7, 11) is 0. The molecule has 88 valence electrons. The molecule has 1 heterocycles. The molecular weight excluding hydrogens is 228 g/mol. The number of carbonyl (C=O) groups is 1. The molecule has 0 bridgehead atoms. The number of thioether (sulfide) groups is 1. The topological polar surface area (TPSA) is 72.3 Å². The number of nitrogens with zero attached hydrogens (tertiary/aromatic N) is 2. The van der Waals surface area contributed by atoms with Gasteiger partial charge in [0.2, 0.25) is 0 Å². The minimum Gasteiger partial charge on any atom is -0.466 e. The molecule has 16 heavy (non-hydrogen) atoms. The maximum Gasteiger partial charge on any atom is 0.308 e. The third-order valence-electron chi connectivity index (χ3n) is 1.69. The van der Waals surface area contributed by atoms with Crippen LogP contribution >= 0.6 is 11.8 Å². The Morgan fingerprint density at radius 1 is 1.69 bits per heavy atom. The van der Waals surface area contributed by atoms with E-state index in [0.717, 1.165) is 5.03 Å². The molecule has 1 unspecified atom stereocenters. The van der Waals surface area contributed by atoms with Gasteiger partial charge in [0.05, 0.1) is 24.2 Å². The highest BCUT2D eigenvalue weighted by Gasteiger charge is 2.12. The normalized spacial score (nSPS) is 12.1. The Labute approximate surface area is 98.3 Å². The average molecular weight is 242 g/mol. The van der Waals surface area contributed by atoms with E-state index in [9.17, 15) is 9.90 Å². The van der Waals surface area contributed by atoms with Crippen molar-refractivity contribution in [1.29, 1.82) is 0 Å². The highest BCUT2D eigenvalue weighted by atomic mass is 32.2. The zero-order valence-corrected chi connectivity index (χ0v) is 9.81. The van der Waals surface area contributed by atoms with E-state index < -0.39 is 6.10 Å². The highest BCUT2D eigenvalue weighted by molar-refractivity contribution is 7.99. The molecular formula is C10H14N2O3S. The van der Waals surface area contributed by atoms with Crippen LogP contribution in [0.4, 0.5) is 0 Å². The lowest BCUT2D eigenvalue weighted by atomic mass is 10.3. The summed E-state index contributed by atoms with van der Waals surface area (Å²) >= 11 is 1.38. The molecule has 0 saturated carbocycles. The third kappa shape index (κ3) is 5.09. The van der Waals surface area contributed by atoms with Crippen molar-refractivity contribution in [2.75, 3.05) is 12.4 Å². The van der Waals surface area contributed by atoms with Crippen LogP contribution in [0.1, 0.15) is 13.3 Å². The lowest BCUT2D eigenvalue weighted by Crippen LogP contribution is -2.17. The maximum absolute atomic E-state index is 11.0. The van der Waals surface area contributed by atoms with E-state index in [4.69, 9.17) is 4.74 Å². The second kappa shape index (κ2) is 7.19. The highest BCUT2D eigenvalue weighted by Crippen LogP contribution is 2.15. The van der Waals surface area contributed by atoms with Crippen molar-refractivity contribution in [2.24, 2.45) is 0 Å². The molecule has 0 aromatic carbocycles. The summed E-state index contributed by atoms with van der Waals surface area (Å²) in [5.41, 5.74) is 0. The maximum atomic E-state index is 11.0. The molecule has 0 spiro atoms. The lowest BCUT2D eigenvalue weighted by molar-refractivity contribution is -0.144. The largest absolute Gasteiger partial charge is 0.466 e. The molecule has 5 nitrogen and oxygen atoms in total. The van der Waals surface area contributed by atoms with Crippen molar-refractivity contribution >= 4 is 17.7 Å². The summed E-state index contributed by atoms with van der Waals surface area (Å²) < 4.78 is 4.73. The van der Waals surface area contributed by atoms with Gasteiger partial charge in [-0.05, 0) is 13.0 Å². The van der Waals surface area contributed by atoms with Crippen molar-refractivity contribution in [3.05, 3.63) is 18.6 Å². The van der Waals surface area contributed by atoms with Crippen LogP contribution in [-0.4, -0.2) is 39.5 Å². The van der Waals surface area contributed by atoms with Gasteiger partial charge in [0.25, 0.3) is 0 Å². The second-order valence-corrected chi connectivity index (χ2v) is 4.06. The number of hydrogen-bond acceptors (Lipinski definition) is 6. The summed E-state index contributed by atoms with van der Waals surface area (Å²) in [5, 5.41) is 10.3. The van der Waals surface area contributed by atoms with Gasteiger partial charge in [-0.2, -0.15) is 0 Å². The van der Waals surface area contributed by atoms with E-state index in [1.807, 2.05) is 0 Å². The number of rotatable bonds is 6. The van der Waals surface area contributed by atoms with Gasteiger partial charge >= 0.3 is 5.97 Å². The fraction of sp³-hybridized carbons (Fsp3) is 0.500. The average Bonchev–Trinajstić information content (AvgIpc) is 2.28. The first-order valence-electron chi connectivity index (χ1n) is 4.95. The minimum absolute atomic E-state index is 0.0198. The number of aromatic nitrogens is 2. The SMILES string of the molecule is CCOC(=O)CC(O)CSc1ccncn1. The zero-order valence-electron chi connectivity index (χ0n) is 9.00. The van der Waals surface area contributed by atoms with Crippen molar-refractivity contribution < 1.29 is 14.6 Å². The van der Waals surface area contributed by atoms with Gasteiger partial charge in [0.1, 0.15) is 6.33 Å². The standard InChI is InChI=1S/C10H14N2O3S/c1-2-15-10(14)5-8(13)6-16-9-3-4-11-7-12-9/h3-4,7-8,13H,2,5-6H2,1H3. The fourth-order valence-corrected chi connectivity index (χ4v) is 1.78. The molecule has 1 aromatic heterocycles. The van der Waals surface area contributed by atoms with Crippen LogP contribution in [0.3, 0.4) is 0 Å². The molecule has 0 aliphatic heterocycles. The predicted molar refractivity (Wildman–Crippen MR) is 60.0 cm³/mol. The second-order valence-electron chi connectivity index (χ2n) is 3.02. The monoisotopic (exact) mass is 242 g/mol. The van der Waals surface area contributed by atoms with Gasteiger partial charge in [-0.1, -0.05) is 0 Å². The van der Waals surface area contributed by atoms with Crippen LogP contribution in [-0.2, 0) is 9.53 Å². The van der Waals surface area contributed by atoms with Gasteiger partial charge in [-0.25, -0.2) is 9.97 Å². The Bertz CT molecular complexity index is 321. The lowest BCUT2D eigenvalue weighted by Gasteiger charge is -2.08. The van der Waals surface area contributed by atoms with Crippen LogP contribution < -0.4 is 0 Å². The van der Waals surface area contributed by atoms with E-state index in [-0.39, 0.29) is 12.4 Å². The Balaban J connectivity index is 2.25. The molecule has 6 heteroatoms. The van der Waals surface area contributed by atoms with Crippen LogP contribution in [0.5, 0.6) is 0 Å². The van der Waals surface area contributed by atoms with Gasteiger partial charge in [-0.3, -0.25) is 4.79 Å². The van der Waals surface area contributed by atoms with Crippen molar-refractivity contribution in [1.82, 2.24) is 9.97 Å². The van der Waals surface area contributed by atoms with Crippen LogP contribution in [0.15, 0.2) is 23.6 Å². The quantitative estimate of drug-likeness (QED) is 0.453. The van der Waals surface area contributed by atoms with Crippen molar-refractivity contribution in [2.45, 2.75) is 24.5 Å². The molecule has 1 rings (SSSR count). The Morgan fingerprint density at radius 2 is 2.50 bits per heavy atom. The fourth-order valence-electron chi connectivity index (χ4n) is 1.02. The van der Waals surface area contributed by atoms with Gasteiger partial charge in [0.15, 0.2) is 0 Å². The number of carbonyl (C=O) groups excluding carboxylic acids is 1. The summed E-state index contributed by atoms with van der Waals surface area (Å²) in [6.07, 6.45) is 2.39. The first kappa shape index (κ1) is 12.9. The van der Waals surface area contributed by atoms with E-state index in [2.05, 4.69) is 9.97 Å². The van der Waals surface area contributed by atoms with Gasteiger partial charge in [-0.15, -0.1) is 11.8 Å². The molecule has 0 aliphatic rings. The molecule has 0 aliphatic carbocycles. The van der Waals surface area contributed by atoms with E-state index in [1.54, 1.807) is 19.2 Å². The number of hydrogen-bond donors (Lipinski definition) is 1. The number of aliphatic hydroxyl groups is 1. The summed E-state index contributed by atoms with van der Waals surface area (Å²) in [5.74, 6) is 0.0359. The molecule has 1 aromatic rings. The van der Waals surface area contributed by atoms with Gasteiger partial charge < -0.3 is 9.84 Å². The smallest absolute Gasteiger partial charge is 0.308 e. The molecule has 0 saturated heterocycles. The first-order chi connectivity index (χ1) is 7.72. The van der Waals surface area contributed by atoms with E-state index in [0.29, 0.717) is 12.4 Å². The first-order valence-corrected chi connectivity index (χ1v) is 5.93. The predicted octanol–water partition coefficient (Wildman–Crippen LogP) is 0.883. The van der Waals surface area contributed by atoms with Crippen LogP contribution in [0.2, 0.25) is 0 Å². The number of esters is 1. The molecule has 0 amide bonds. The summed E-state index contributed by atoms with van der Waals surface area (Å²) in [4.78, 5) is 18.8. The Kier molecular flexibility index (Phi) is 5.81. The minimum atomic E-state index is -0.709. The van der Waals surface area contributed by atoms with E-state index in [1.165, 1.54) is 18.1 Å². The summed E-state index contributed by atoms with van der Waals surface area (Å²) in [6, 6.07) is 1.75. The zero-order chi connectivity index (χ0) is 11.8. The Morgan fingerprint density at radius 3 is 3.12 bits per heavy atom. The molecule has 0 fully saturated rings. The van der Waals surface area contributed by atoms with Crippen LogP contribution in [0.25, 0.3) is 0 Å².